The van der Waals surface area contributed by atoms with E-state index in [1.807, 2.05) is 26.0 Å². The van der Waals surface area contributed by atoms with Crippen molar-refractivity contribution in [1.29, 1.82) is 0 Å². The minimum atomic E-state index is -0.693. The lowest BCUT2D eigenvalue weighted by Crippen LogP contribution is -2.52. The number of aromatic nitrogens is 1. The number of amides is 2. The number of thiazole rings is 1. The number of rotatable bonds is 7. The number of fused-ring (bicyclic) bond motifs is 1. The molecule has 5 rings (SSSR count). The normalized spacial score (nSPS) is 22.7. The van der Waals surface area contributed by atoms with Crippen molar-refractivity contribution in [3.05, 3.63) is 34.7 Å². The SMILES string of the molecule is Cc1sc(N2CCN(C)CC2)nc1-c1ccc(C(=O)NC(CC(C)C)C(=O)N2CCC3OCC(=O)C32)cc1. The molecule has 2 aromatic rings. The number of anilines is 1. The number of Topliss-reactive ketones (excluding diaryl/α,β-unsaturated/α-hetero) is 1. The van der Waals surface area contributed by atoms with Gasteiger partial charge in [-0.3, -0.25) is 14.4 Å². The molecule has 1 aromatic carbocycles. The summed E-state index contributed by atoms with van der Waals surface area (Å²) in [5, 5.41) is 3.99. The number of hydrogen-bond donors (Lipinski definition) is 1. The van der Waals surface area contributed by atoms with Crippen LogP contribution in [-0.4, -0.2) is 96.9 Å². The van der Waals surface area contributed by atoms with Crippen LogP contribution in [0.2, 0.25) is 0 Å². The number of nitrogens with one attached hydrogen (secondary N) is 1. The molecular weight excluding hydrogens is 502 g/mol. The van der Waals surface area contributed by atoms with Gasteiger partial charge in [0.05, 0.1) is 11.8 Å². The molecule has 0 radical (unpaired) electrons. The van der Waals surface area contributed by atoms with Gasteiger partial charge in [-0.15, -0.1) is 11.3 Å². The highest BCUT2D eigenvalue weighted by Gasteiger charge is 2.48. The van der Waals surface area contributed by atoms with Crippen LogP contribution in [0.15, 0.2) is 24.3 Å². The minimum Gasteiger partial charge on any atom is -0.368 e. The summed E-state index contributed by atoms with van der Waals surface area (Å²) in [7, 11) is 2.14. The van der Waals surface area contributed by atoms with Crippen LogP contribution in [0, 0.1) is 12.8 Å². The van der Waals surface area contributed by atoms with Crippen molar-refractivity contribution in [3.8, 4) is 11.3 Å². The van der Waals surface area contributed by atoms with Crippen molar-refractivity contribution in [3.63, 3.8) is 0 Å². The first-order valence-corrected chi connectivity index (χ1v) is 14.3. The van der Waals surface area contributed by atoms with E-state index in [4.69, 9.17) is 9.72 Å². The smallest absolute Gasteiger partial charge is 0.251 e. The first-order valence-electron chi connectivity index (χ1n) is 13.5. The summed E-state index contributed by atoms with van der Waals surface area (Å²) < 4.78 is 5.54. The number of hydrogen-bond acceptors (Lipinski definition) is 8. The third-order valence-corrected chi connectivity index (χ3v) is 8.72. The second kappa shape index (κ2) is 11.1. The van der Waals surface area contributed by atoms with Gasteiger partial charge in [-0.25, -0.2) is 4.98 Å². The van der Waals surface area contributed by atoms with Crippen LogP contribution in [-0.2, 0) is 14.3 Å². The minimum absolute atomic E-state index is 0.0563. The maximum atomic E-state index is 13.5. The number of carbonyl (C=O) groups excluding carboxylic acids is 3. The molecule has 1 aromatic heterocycles. The average molecular weight is 540 g/mol. The van der Waals surface area contributed by atoms with E-state index in [0.717, 1.165) is 47.4 Å². The van der Waals surface area contributed by atoms with E-state index in [1.165, 1.54) is 0 Å². The maximum Gasteiger partial charge on any atom is 0.251 e. The van der Waals surface area contributed by atoms with Gasteiger partial charge < -0.3 is 24.8 Å². The van der Waals surface area contributed by atoms with E-state index in [0.29, 0.717) is 24.9 Å². The maximum absolute atomic E-state index is 13.5. The third-order valence-electron chi connectivity index (χ3n) is 7.69. The van der Waals surface area contributed by atoms with E-state index in [9.17, 15) is 14.4 Å². The number of likely N-dealkylation sites (tertiary alicyclic amines) is 1. The molecule has 0 aliphatic carbocycles. The molecule has 10 heteroatoms. The molecule has 204 valence electrons. The number of carbonyl (C=O) groups is 3. The van der Waals surface area contributed by atoms with Gasteiger partial charge >= 0.3 is 0 Å². The standard InChI is InChI=1S/C28H37N5O4S/c1-17(2)15-21(27(36)33-10-9-23-25(33)22(34)16-37-23)29-26(35)20-7-5-19(6-8-20)24-18(3)38-28(30-24)32-13-11-31(4)12-14-32/h5-8,17,21,23,25H,9-16H2,1-4H3,(H,29,35). The summed E-state index contributed by atoms with van der Waals surface area (Å²) in [5.41, 5.74) is 2.39. The lowest BCUT2D eigenvalue weighted by atomic mass is 10.0. The Morgan fingerprint density at radius 1 is 1.13 bits per heavy atom. The summed E-state index contributed by atoms with van der Waals surface area (Å²) in [6, 6.07) is 6.20. The highest BCUT2D eigenvalue weighted by Crippen LogP contribution is 2.33. The van der Waals surface area contributed by atoms with Gasteiger partial charge in [0.1, 0.15) is 18.7 Å². The number of ether oxygens (including phenoxy) is 1. The van der Waals surface area contributed by atoms with Crippen LogP contribution in [0.25, 0.3) is 11.3 Å². The monoisotopic (exact) mass is 539 g/mol. The van der Waals surface area contributed by atoms with Gasteiger partial charge in [0.25, 0.3) is 5.91 Å². The second-order valence-corrected chi connectivity index (χ2v) is 12.2. The predicted octanol–water partition coefficient (Wildman–Crippen LogP) is 2.58. The van der Waals surface area contributed by atoms with Crippen LogP contribution in [0.4, 0.5) is 5.13 Å². The van der Waals surface area contributed by atoms with E-state index in [1.54, 1.807) is 28.4 Å². The zero-order chi connectivity index (χ0) is 27.0. The molecule has 2 amide bonds. The topological polar surface area (TPSA) is 95.1 Å². The number of benzene rings is 1. The third kappa shape index (κ3) is 5.48. The van der Waals surface area contributed by atoms with Gasteiger partial charge in [0.15, 0.2) is 10.9 Å². The Balaban J connectivity index is 1.27. The molecule has 0 bridgehead atoms. The Labute approximate surface area is 228 Å². The molecular formula is C28H37N5O4S. The van der Waals surface area contributed by atoms with Gasteiger partial charge in [0.2, 0.25) is 5.91 Å². The highest BCUT2D eigenvalue weighted by molar-refractivity contribution is 7.16. The predicted molar refractivity (Wildman–Crippen MR) is 148 cm³/mol. The van der Waals surface area contributed by atoms with Gasteiger partial charge in [-0.2, -0.15) is 0 Å². The zero-order valence-corrected chi connectivity index (χ0v) is 23.4. The quantitative estimate of drug-likeness (QED) is 0.578. The van der Waals surface area contributed by atoms with Gasteiger partial charge in [0, 0.05) is 48.7 Å². The van der Waals surface area contributed by atoms with Crippen molar-refractivity contribution in [2.75, 3.05) is 51.3 Å². The summed E-state index contributed by atoms with van der Waals surface area (Å²) in [6.45, 7) is 10.6. The highest BCUT2D eigenvalue weighted by atomic mass is 32.1. The number of aryl methyl sites for hydroxylation is 1. The first-order chi connectivity index (χ1) is 18.2. The van der Waals surface area contributed by atoms with Crippen molar-refractivity contribution in [2.45, 2.75) is 51.8 Å². The lowest BCUT2D eigenvalue weighted by molar-refractivity contribution is -0.138. The summed E-state index contributed by atoms with van der Waals surface area (Å²) >= 11 is 1.71. The average Bonchev–Trinajstić information content (AvgIpc) is 3.60. The molecule has 0 saturated carbocycles. The Bertz CT molecular complexity index is 1190. The fraction of sp³-hybridized carbons (Fsp3) is 0.571. The molecule has 1 N–H and O–H groups in total. The Kier molecular flexibility index (Phi) is 7.83. The summed E-state index contributed by atoms with van der Waals surface area (Å²) in [4.78, 5) is 51.3. The molecule has 9 nitrogen and oxygen atoms in total. The lowest BCUT2D eigenvalue weighted by Gasteiger charge is -2.32. The largest absolute Gasteiger partial charge is 0.368 e. The molecule has 3 atom stereocenters. The van der Waals surface area contributed by atoms with Crippen LogP contribution in [0.1, 0.15) is 41.9 Å². The van der Waals surface area contributed by atoms with Crippen LogP contribution < -0.4 is 10.2 Å². The van der Waals surface area contributed by atoms with Crippen molar-refractivity contribution < 1.29 is 19.1 Å². The number of piperazine rings is 1. The molecule has 4 heterocycles. The van der Waals surface area contributed by atoms with E-state index in [-0.39, 0.29) is 36.2 Å². The molecule has 3 aliphatic heterocycles. The van der Waals surface area contributed by atoms with Crippen LogP contribution in [0.5, 0.6) is 0 Å². The molecule has 3 saturated heterocycles. The van der Waals surface area contributed by atoms with Crippen molar-refractivity contribution >= 4 is 34.1 Å². The number of ketones is 1. The van der Waals surface area contributed by atoms with E-state index in [2.05, 4.69) is 29.1 Å². The Morgan fingerprint density at radius 2 is 1.84 bits per heavy atom. The Hall–Kier alpha value is -2.82. The zero-order valence-electron chi connectivity index (χ0n) is 22.6. The van der Waals surface area contributed by atoms with Crippen molar-refractivity contribution in [2.24, 2.45) is 5.92 Å². The number of likely N-dealkylation sites (N-methyl/N-ethyl adjacent to an activating group) is 1. The van der Waals surface area contributed by atoms with E-state index < -0.39 is 12.1 Å². The van der Waals surface area contributed by atoms with Gasteiger partial charge in [-0.1, -0.05) is 26.0 Å². The van der Waals surface area contributed by atoms with Crippen molar-refractivity contribution in [1.82, 2.24) is 20.1 Å². The fourth-order valence-electron chi connectivity index (χ4n) is 5.54. The first kappa shape index (κ1) is 26.8. The second-order valence-electron chi connectivity index (χ2n) is 11.0. The molecule has 0 spiro atoms. The Morgan fingerprint density at radius 3 is 2.53 bits per heavy atom. The molecule has 3 fully saturated rings. The van der Waals surface area contributed by atoms with Crippen LogP contribution >= 0.6 is 11.3 Å². The molecule has 3 unspecified atom stereocenters. The van der Waals surface area contributed by atoms with Gasteiger partial charge in [-0.05, 0) is 44.9 Å². The summed E-state index contributed by atoms with van der Waals surface area (Å²) in [5.74, 6) is -0.361. The molecule has 3 aliphatic rings. The van der Waals surface area contributed by atoms with E-state index >= 15 is 0 Å². The summed E-state index contributed by atoms with van der Waals surface area (Å²) in [6.07, 6.45) is 0.928. The fourth-order valence-corrected chi connectivity index (χ4v) is 6.52. The number of nitrogens with zero attached hydrogens (tertiary/aromatic N) is 4. The molecule has 38 heavy (non-hydrogen) atoms. The van der Waals surface area contributed by atoms with Crippen LogP contribution in [0.3, 0.4) is 0 Å².